The number of urea groups is 1. The van der Waals surface area contributed by atoms with Crippen LogP contribution in [0.4, 0.5) is 23.8 Å². The fourth-order valence-electron chi connectivity index (χ4n) is 4.93. The highest BCUT2D eigenvalue weighted by molar-refractivity contribution is 5.74. The van der Waals surface area contributed by atoms with Crippen molar-refractivity contribution in [2.45, 2.75) is 37.7 Å². The van der Waals surface area contributed by atoms with Crippen molar-refractivity contribution >= 4 is 11.8 Å². The minimum Gasteiger partial charge on any atom is -0.437 e. The van der Waals surface area contributed by atoms with Gasteiger partial charge in [-0.05, 0) is 22.6 Å². The third-order valence-electron chi connectivity index (χ3n) is 6.96. The van der Waals surface area contributed by atoms with E-state index in [1.165, 1.54) is 18.3 Å². The van der Waals surface area contributed by atoms with E-state index in [1.807, 2.05) is 9.80 Å². The normalized spacial score (nSPS) is 20.1. The minimum absolute atomic E-state index is 0.0274. The molecule has 188 valence electrons. The molecule has 0 atom stereocenters. The first kappa shape index (κ1) is 23.4. The van der Waals surface area contributed by atoms with Gasteiger partial charge in [0.2, 0.25) is 0 Å². The first-order valence-corrected chi connectivity index (χ1v) is 11.4. The highest BCUT2D eigenvalue weighted by Crippen LogP contribution is 2.38. The third kappa shape index (κ3) is 4.77. The fraction of sp³-hybridized carbons (Fsp3) is 0.545. The zero-order chi connectivity index (χ0) is 24.8. The van der Waals surface area contributed by atoms with Crippen LogP contribution in [0.5, 0.6) is 6.01 Å². The average Bonchev–Trinajstić information content (AvgIpc) is 3.36. The molecular formula is C22H25F3N6O4. The minimum atomic E-state index is -4.34. The van der Waals surface area contributed by atoms with Gasteiger partial charge in [0.05, 0.1) is 12.1 Å². The zero-order valence-electron chi connectivity index (χ0n) is 18.9. The van der Waals surface area contributed by atoms with Crippen LogP contribution in [0.25, 0.3) is 0 Å². The lowest BCUT2D eigenvalue weighted by atomic mass is 9.91. The van der Waals surface area contributed by atoms with Crippen molar-refractivity contribution in [2.75, 3.05) is 39.3 Å². The predicted molar refractivity (Wildman–Crippen MR) is 117 cm³/mol. The molecule has 0 bridgehead atoms. The Bertz CT molecular complexity index is 1080. The molecule has 0 N–H and O–H groups in total. The van der Waals surface area contributed by atoms with E-state index in [2.05, 4.69) is 9.88 Å². The van der Waals surface area contributed by atoms with Gasteiger partial charge >= 0.3 is 24.0 Å². The van der Waals surface area contributed by atoms with E-state index in [0.717, 1.165) is 17.7 Å². The number of nitrogens with zero attached hydrogens (tertiary/aromatic N) is 6. The van der Waals surface area contributed by atoms with Crippen LogP contribution in [0.15, 0.2) is 30.5 Å². The summed E-state index contributed by atoms with van der Waals surface area (Å²) in [6, 6.07) is 5.42. The maximum Gasteiger partial charge on any atom is 0.416 e. The van der Waals surface area contributed by atoms with E-state index in [-0.39, 0.29) is 17.9 Å². The van der Waals surface area contributed by atoms with E-state index in [0.29, 0.717) is 65.2 Å². The molecule has 0 radical (unpaired) electrons. The Hall–Kier alpha value is -3.35. The summed E-state index contributed by atoms with van der Waals surface area (Å²) in [5, 5.41) is 10.9. The van der Waals surface area contributed by atoms with Crippen LogP contribution in [0.2, 0.25) is 0 Å². The number of aromatic nitrogens is 2. The highest BCUT2D eigenvalue weighted by atomic mass is 19.4. The molecule has 0 aliphatic carbocycles. The van der Waals surface area contributed by atoms with Gasteiger partial charge in [-0.1, -0.05) is 12.1 Å². The second-order valence-corrected chi connectivity index (χ2v) is 9.28. The first-order chi connectivity index (χ1) is 16.6. The standard InChI is InChI=1S/C22H25F3N6O4/c23-22(24,25)17-3-1-16(2-4-17)13-27-9-11-29(12-10-27)20(32)28-7-5-21(6-8-28)15-30-14-18(31(33)34)26-19(30)35-21/h1-4,14H,5-13,15H2. The van der Waals surface area contributed by atoms with Crippen LogP contribution in [0.3, 0.4) is 0 Å². The van der Waals surface area contributed by atoms with E-state index in [4.69, 9.17) is 4.74 Å². The Morgan fingerprint density at radius 3 is 2.26 bits per heavy atom. The number of ether oxygens (including phenoxy) is 1. The Labute approximate surface area is 199 Å². The van der Waals surface area contributed by atoms with E-state index in [1.54, 1.807) is 4.57 Å². The Kier molecular flexibility index (Phi) is 5.82. The number of alkyl halides is 3. The molecule has 0 unspecified atom stereocenters. The molecule has 3 aliphatic heterocycles. The number of nitro groups is 1. The number of hydrogen-bond acceptors (Lipinski definition) is 6. The number of amides is 2. The molecule has 1 spiro atoms. The van der Waals surface area contributed by atoms with Gasteiger partial charge in [0.25, 0.3) is 0 Å². The second kappa shape index (κ2) is 8.70. The smallest absolute Gasteiger partial charge is 0.416 e. The molecule has 2 fully saturated rings. The Morgan fingerprint density at radius 1 is 1.06 bits per heavy atom. The van der Waals surface area contributed by atoms with E-state index >= 15 is 0 Å². The van der Waals surface area contributed by atoms with Crippen molar-refractivity contribution in [1.82, 2.24) is 24.3 Å². The number of fused-ring (bicyclic) bond motifs is 1. The van der Waals surface area contributed by atoms with Crippen molar-refractivity contribution < 1.29 is 27.6 Å². The van der Waals surface area contributed by atoms with Gasteiger partial charge in [0, 0.05) is 63.6 Å². The summed E-state index contributed by atoms with van der Waals surface area (Å²) >= 11 is 0. The number of halogens is 3. The van der Waals surface area contributed by atoms with Crippen LogP contribution < -0.4 is 4.74 Å². The summed E-state index contributed by atoms with van der Waals surface area (Å²) in [7, 11) is 0. The van der Waals surface area contributed by atoms with Gasteiger partial charge < -0.3 is 24.7 Å². The SMILES string of the molecule is O=C(N1CCN(Cc2ccc(C(F)(F)F)cc2)CC1)N1CCC2(CC1)Cn1cc([N+](=O)[O-])nc1O2. The fourth-order valence-corrected chi connectivity index (χ4v) is 4.93. The summed E-state index contributed by atoms with van der Waals surface area (Å²) in [5.74, 6) is -0.236. The number of imidazole rings is 1. The number of carbonyl (C=O) groups excluding carboxylic acids is 1. The van der Waals surface area contributed by atoms with Gasteiger partial charge in [0.15, 0.2) is 0 Å². The maximum atomic E-state index is 13.0. The number of hydrogen-bond donors (Lipinski definition) is 0. The van der Waals surface area contributed by atoms with E-state index < -0.39 is 22.3 Å². The monoisotopic (exact) mass is 494 g/mol. The molecule has 1 aromatic carbocycles. The molecular weight excluding hydrogens is 469 g/mol. The second-order valence-electron chi connectivity index (χ2n) is 9.28. The topological polar surface area (TPSA) is 97.0 Å². The van der Waals surface area contributed by atoms with Crippen molar-refractivity contribution in [3.05, 3.63) is 51.7 Å². The maximum absolute atomic E-state index is 13.0. The number of rotatable bonds is 3. The van der Waals surface area contributed by atoms with Crippen LogP contribution >= 0.6 is 0 Å². The van der Waals surface area contributed by atoms with Crippen molar-refractivity contribution in [3.63, 3.8) is 0 Å². The van der Waals surface area contributed by atoms with Crippen LogP contribution in [0, 0.1) is 10.1 Å². The van der Waals surface area contributed by atoms with Gasteiger partial charge in [0.1, 0.15) is 11.8 Å². The lowest BCUT2D eigenvalue weighted by Gasteiger charge is -2.41. The molecule has 35 heavy (non-hydrogen) atoms. The Morgan fingerprint density at radius 2 is 1.69 bits per heavy atom. The van der Waals surface area contributed by atoms with Crippen LogP contribution in [-0.2, 0) is 19.3 Å². The summed E-state index contributed by atoms with van der Waals surface area (Å²) < 4.78 is 45.8. The molecule has 0 saturated carbocycles. The summed E-state index contributed by atoms with van der Waals surface area (Å²) in [6.07, 6.45) is -1.73. The lowest BCUT2D eigenvalue weighted by molar-refractivity contribution is -0.389. The number of carbonyl (C=O) groups is 1. The van der Waals surface area contributed by atoms with Crippen LogP contribution in [-0.4, -0.2) is 80.1 Å². The summed E-state index contributed by atoms with van der Waals surface area (Å²) in [6.45, 7) is 4.47. The van der Waals surface area contributed by atoms with E-state index in [9.17, 15) is 28.1 Å². The summed E-state index contributed by atoms with van der Waals surface area (Å²) in [4.78, 5) is 33.0. The van der Waals surface area contributed by atoms with Gasteiger partial charge in [-0.2, -0.15) is 13.2 Å². The van der Waals surface area contributed by atoms with Crippen LogP contribution in [0.1, 0.15) is 24.0 Å². The Balaban J connectivity index is 1.09. The quantitative estimate of drug-likeness (QED) is 0.481. The first-order valence-electron chi connectivity index (χ1n) is 11.4. The number of benzene rings is 1. The largest absolute Gasteiger partial charge is 0.437 e. The molecule has 2 amide bonds. The molecule has 1 aromatic heterocycles. The molecule has 3 aliphatic rings. The van der Waals surface area contributed by atoms with Crippen molar-refractivity contribution in [3.8, 4) is 6.01 Å². The number of piperazine rings is 1. The summed E-state index contributed by atoms with van der Waals surface area (Å²) in [5.41, 5.74) is -0.343. The van der Waals surface area contributed by atoms with Gasteiger partial charge in [-0.15, -0.1) is 0 Å². The van der Waals surface area contributed by atoms with Gasteiger partial charge in [-0.3, -0.25) is 9.47 Å². The molecule has 10 nitrogen and oxygen atoms in total. The highest BCUT2D eigenvalue weighted by Gasteiger charge is 2.46. The van der Waals surface area contributed by atoms with Crippen molar-refractivity contribution in [1.29, 1.82) is 0 Å². The predicted octanol–water partition coefficient (Wildman–Crippen LogP) is 2.97. The number of likely N-dealkylation sites (tertiary alicyclic amines) is 1. The average molecular weight is 494 g/mol. The molecule has 2 saturated heterocycles. The molecule has 4 heterocycles. The zero-order valence-corrected chi connectivity index (χ0v) is 18.9. The third-order valence-corrected chi connectivity index (χ3v) is 6.96. The van der Waals surface area contributed by atoms with Gasteiger partial charge in [-0.25, -0.2) is 4.79 Å². The van der Waals surface area contributed by atoms with Crippen molar-refractivity contribution in [2.24, 2.45) is 0 Å². The molecule has 5 rings (SSSR count). The number of piperidine rings is 1. The molecule has 2 aromatic rings. The lowest BCUT2D eigenvalue weighted by Crippen LogP contribution is -2.56. The molecule has 13 heteroatoms.